The van der Waals surface area contributed by atoms with E-state index in [1.165, 1.54) is 0 Å². The molecule has 0 amide bonds. The lowest BCUT2D eigenvalue weighted by molar-refractivity contribution is 0.0732. The van der Waals surface area contributed by atoms with E-state index in [2.05, 4.69) is 10.3 Å². The fourth-order valence-corrected chi connectivity index (χ4v) is 2.06. The second kappa shape index (κ2) is 6.38. The Bertz CT molecular complexity index is 422. The fraction of sp³-hybridized carbons (Fsp3) is 0.538. The van der Waals surface area contributed by atoms with Crippen molar-refractivity contribution in [2.24, 2.45) is 0 Å². The summed E-state index contributed by atoms with van der Waals surface area (Å²) < 4.78 is 26.5. The molecule has 1 aromatic carbocycles. The highest BCUT2D eigenvalue weighted by Gasteiger charge is 2.17. The maximum Gasteiger partial charge on any atom is 0.129 e. The summed E-state index contributed by atoms with van der Waals surface area (Å²) in [5, 5.41) is 11.9. The summed E-state index contributed by atoms with van der Waals surface area (Å²) in [6.07, 6.45) is -1.06. The van der Waals surface area contributed by atoms with Gasteiger partial charge in [0.05, 0.1) is 6.10 Å². The van der Waals surface area contributed by atoms with Gasteiger partial charge in [-0.2, -0.15) is 0 Å². The zero-order valence-corrected chi connectivity index (χ0v) is 10.9. The van der Waals surface area contributed by atoms with Crippen LogP contribution >= 0.6 is 0 Å². The first kappa shape index (κ1) is 14.3. The van der Waals surface area contributed by atoms with Crippen molar-refractivity contribution in [2.45, 2.75) is 6.10 Å². The average molecular weight is 271 g/mol. The number of hydrogen-bond donors (Lipinski definition) is 2. The number of hydrazine groups is 1. The van der Waals surface area contributed by atoms with Crippen LogP contribution in [0.15, 0.2) is 18.2 Å². The molecule has 1 unspecified atom stereocenters. The molecule has 1 aromatic rings. The van der Waals surface area contributed by atoms with Crippen LogP contribution in [0.4, 0.5) is 8.78 Å². The zero-order valence-electron chi connectivity index (χ0n) is 10.9. The number of aliphatic hydroxyl groups is 1. The first-order chi connectivity index (χ1) is 9.06. The molecule has 6 heteroatoms. The number of nitrogens with zero attached hydrogens (tertiary/aromatic N) is 2. The van der Waals surface area contributed by atoms with Crippen LogP contribution in [0.1, 0.15) is 11.7 Å². The minimum atomic E-state index is -1.06. The highest BCUT2D eigenvalue weighted by Crippen LogP contribution is 2.17. The van der Waals surface area contributed by atoms with Crippen molar-refractivity contribution in [1.82, 2.24) is 15.3 Å². The third-order valence-electron chi connectivity index (χ3n) is 3.33. The van der Waals surface area contributed by atoms with Crippen LogP contribution < -0.4 is 5.43 Å². The van der Waals surface area contributed by atoms with Gasteiger partial charge in [0, 0.05) is 38.3 Å². The lowest BCUT2D eigenvalue weighted by Crippen LogP contribution is -2.51. The van der Waals surface area contributed by atoms with Gasteiger partial charge < -0.3 is 10.0 Å². The van der Waals surface area contributed by atoms with Crippen molar-refractivity contribution in [1.29, 1.82) is 0 Å². The minimum absolute atomic E-state index is 0.0124. The molecule has 1 atom stereocenters. The standard InChI is InChI=1S/C13H19F2N3O/c1-17-4-6-18(7-5-17)16-9-13(19)11-8-10(14)2-3-12(11)15/h2-3,8,13,16,19H,4-7,9H2,1H3. The van der Waals surface area contributed by atoms with E-state index in [4.69, 9.17) is 0 Å². The van der Waals surface area contributed by atoms with E-state index in [0.717, 1.165) is 44.4 Å². The molecular weight excluding hydrogens is 252 g/mol. The lowest BCUT2D eigenvalue weighted by Gasteiger charge is -2.33. The fourth-order valence-electron chi connectivity index (χ4n) is 2.06. The van der Waals surface area contributed by atoms with Crippen molar-refractivity contribution in [3.05, 3.63) is 35.4 Å². The molecule has 106 valence electrons. The molecule has 1 aliphatic rings. The predicted octanol–water partition coefficient (Wildman–Crippen LogP) is 0.750. The van der Waals surface area contributed by atoms with E-state index in [1.807, 2.05) is 12.1 Å². The van der Waals surface area contributed by atoms with Gasteiger partial charge in [0.25, 0.3) is 0 Å². The van der Waals surface area contributed by atoms with Crippen LogP contribution in [0.2, 0.25) is 0 Å². The van der Waals surface area contributed by atoms with Crippen molar-refractivity contribution in [2.75, 3.05) is 39.8 Å². The second-order valence-corrected chi connectivity index (χ2v) is 4.83. The molecule has 1 saturated heterocycles. The number of piperazine rings is 1. The van der Waals surface area contributed by atoms with Gasteiger partial charge in [-0.25, -0.2) is 13.8 Å². The molecule has 0 bridgehead atoms. The Balaban J connectivity index is 1.87. The maximum atomic E-state index is 13.5. The van der Waals surface area contributed by atoms with Gasteiger partial charge in [0.2, 0.25) is 0 Å². The second-order valence-electron chi connectivity index (χ2n) is 4.83. The summed E-state index contributed by atoms with van der Waals surface area (Å²) >= 11 is 0. The number of rotatable bonds is 4. The lowest BCUT2D eigenvalue weighted by atomic mass is 10.1. The van der Waals surface area contributed by atoms with Crippen molar-refractivity contribution >= 4 is 0 Å². The molecule has 0 saturated carbocycles. The molecular formula is C13H19F2N3O. The Morgan fingerprint density at radius 3 is 2.63 bits per heavy atom. The quantitative estimate of drug-likeness (QED) is 0.847. The first-order valence-corrected chi connectivity index (χ1v) is 6.36. The number of likely N-dealkylation sites (N-methyl/N-ethyl adjacent to an activating group) is 1. The number of benzene rings is 1. The highest BCUT2D eigenvalue weighted by molar-refractivity contribution is 5.21. The van der Waals surface area contributed by atoms with Gasteiger partial charge in [0.15, 0.2) is 0 Å². The summed E-state index contributed by atoms with van der Waals surface area (Å²) in [6, 6.07) is 3.11. The summed E-state index contributed by atoms with van der Waals surface area (Å²) in [4.78, 5) is 2.21. The van der Waals surface area contributed by atoms with Crippen LogP contribution in [0, 0.1) is 11.6 Å². The summed E-state index contributed by atoms with van der Waals surface area (Å²) in [5.74, 6) is -1.14. The summed E-state index contributed by atoms with van der Waals surface area (Å²) in [7, 11) is 2.05. The monoisotopic (exact) mass is 271 g/mol. The van der Waals surface area contributed by atoms with Crippen LogP contribution in [0.25, 0.3) is 0 Å². The molecule has 2 N–H and O–H groups in total. The van der Waals surface area contributed by atoms with E-state index in [-0.39, 0.29) is 12.1 Å². The van der Waals surface area contributed by atoms with Crippen molar-refractivity contribution in [3.63, 3.8) is 0 Å². The van der Waals surface area contributed by atoms with Gasteiger partial charge in [-0.3, -0.25) is 5.43 Å². The number of aliphatic hydroxyl groups excluding tert-OH is 1. The van der Waals surface area contributed by atoms with E-state index >= 15 is 0 Å². The van der Waals surface area contributed by atoms with E-state index in [0.29, 0.717) is 0 Å². The molecule has 4 nitrogen and oxygen atoms in total. The predicted molar refractivity (Wildman–Crippen MR) is 68.4 cm³/mol. The Morgan fingerprint density at radius 1 is 1.26 bits per heavy atom. The Hall–Kier alpha value is -1.08. The normalized spacial score (nSPS) is 19.6. The highest BCUT2D eigenvalue weighted by atomic mass is 19.1. The molecule has 0 radical (unpaired) electrons. The third kappa shape index (κ3) is 3.94. The number of nitrogens with one attached hydrogen (secondary N) is 1. The first-order valence-electron chi connectivity index (χ1n) is 6.36. The topological polar surface area (TPSA) is 38.7 Å². The van der Waals surface area contributed by atoms with Gasteiger partial charge in [0.1, 0.15) is 11.6 Å². The zero-order chi connectivity index (χ0) is 13.8. The Labute approximate surface area is 111 Å². The van der Waals surface area contributed by atoms with Crippen molar-refractivity contribution < 1.29 is 13.9 Å². The Morgan fingerprint density at radius 2 is 1.95 bits per heavy atom. The van der Waals surface area contributed by atoms with Crippen LogP contribution in [0.5, 0.6) is 0 Å². The van der Waals surface area contributed by atoms with Crippen LogP contribution in [-0.2, 0) is 0 Å². The smallest absolute Gasteiger partial charge is 0.129 e. The maximum absolute atomic E-state index is 13.5. The van der Waals surface area contributed by atoms with Crippen molar-refractivity contribution in [3.8, 4) is 0 Å². The van der Waals surface area contributed by atoms with E-state index in [1.54, 1.807) is 0 Å². The van der Waals surface area contributed by atoms with Gasteiger partial charge in [-0.1, -0.05) is 0 Å². The van der Waals surface area contributed by atoms with Gasteiger partial charge >= 0.3 is 0 Å². The molecule has 0 spiro atoms. The number of hydrogen-bond acceptors (Lipinski definition) is 4. The van der Waals surface area contributed by atoms with Crippen LogP contribution in [0.3, 0.4) is 0 Å². The van der Waals surface area contributed by atoms with Crippen LogP contribution in [-0.4, -0.2) is 54.8 Å². The summed E-state index contributed by atoms with van der Waals surface area (Å²) in [6.45, 7) is 3.74. The average Bonchev–Trinajstić information content (AvgIpc) is 2.40. The summed E-state index contributed by atoms with van der Waals surface area (Å²) in [5.41, 5.74) is 3.04. The minimum Gasteiger partial charge on any atom is -0.387 e. The third-order valence-corrected chi connectivity index (χ3v) is 3.33. The molecule has 1 fully saturated rings. The van der Waals surface area contributed by atoms with Gasteiger partial charge in [-0.15, -0.1) is 0 Å². The molecule has 19 heavy (non-hydrogen) atoms. The Kier molecular flexibility index (Phi) is 4.81. The van der Waals surface area contributed by atoms with Gasteiger partial charge in [-0.05, 0) is 25.2 Å². The largest absolute Gasteiger partial charge is 0.387 e. The molecule has 0 aliphatic carbocycles. The molecule has 1 heterocycles. The van der Waals surface area contributed by atoms with E-state index < -0.39 is 17.7 Å². The molecule has 1 aliphatic heterocycles. The number of halogens is 2. The molecule has 0 aromatic heterocycles. The SMILES string of the molecule is CN1CCN(NCC(O)c2cc(F)ccc2F)CC1. The van der Waals surface area contributed by atoms with E-state index in [9.17, 15) is 13.9 Å². The molecule has 2 rings (SSSR count).